The molecule has 2 fully saturated rings. The van der Waals surface area contributed by atoms with Crippen LogP contribution in [0.1, 0.15) is 27.2 Å². The summed E-state index contributed by atoms with van der Waals surface area (Å²) in [6.45, 7) is 4.72. The molecule has 0 aromatic heterocycles. The smallest absolute Gasteiger partial charge is 0.411 e. The number of amides is 1. The first-order valence-electron chi connectivity index (χ1n) is 6.24. The molecule has 2 aliphatic rings. The van der Waals surface area contributed by atoms with Crippen LogP contribution in [0.3, 0.4) is 0 Å². The number of carbonyl (C=O) groups is 2. The number of likely N-dealkylation sites (tertiary alicyclic amines) is 1. The number of carboxylic acid groups (broad SMARTS) is 1. The van der Waals surface area contributed by atoms with Gasteiger partial charge in [-0.2, -0.15) is 13.2 Å². The summed E-state index contributed by atoms with van der Waals surface area (Å²) in [4.78, 5) is 23.8. The number of alkyl halides is 3. The highest BCUT2D eigenvalue weighted by Crippen LogP contribution is 2.60. The summed E-state index contributed by atoms with van der Waals surface area (Å²) in [7, 11) is 0. The molecule has 1 N–H and O–H groups in total. The highest BCUT2D eigenvalue weighted by molar-refractivity contribution is 5.82. The van der Waals surface area contributed by atoms with Crippen molar-refractivity contribution in [1.29, 1.82) is 0 Å². The van der Waals surface area contributed by atoms with Crippen molar-refractivity contribution >= 4 is 12.1 Å². The Kier molecular flexibility index (Phi) is 3.18. The van der Waals surface area contributed by atoms with E-state index in [-0.39, 0.29) is 6.42 Å². The zero-order chi connectivity index (χ0) is 15.5. The quantitative estimate of drug-likeness (QED) is 0.805. The lowest BCUT2D eigenvalue weighted by molar-refractivity contribution is -0.162. The molecule has 4 atom stereocenters. The van der Waals surface area contributed by atoms with Gasteiger partial charge in [0.15, 0.2) is 0 Å². The van der Waals surface area contributed by atoms with Crippen LogP contribution >= 0.6 is 0 Å². The molecule has 0 unspecified atom stereocenters. The lowest BCUT2D eigenvalue weighted by atomic mass is 10.1. The van der Waals surface area contributed by atoms with Crippen molar-refractivity contribution in [2.24, 2.45) is 11.8 Å². The molecule has 1 heterocycles. The van der Waals surface area contributed by atoms with Gasteiger partial charge < -0.3 is 9.84 Å². The number of hydrogen-bond donors (Lipinski definition) is 1. The number of hydrogen-bond acceptors (Lipinski definition) is 3. The van der Waals surface area contributed by atoms with Crippen molar-refractivity contribution in [2.75, 3.05) is 0 Å². The summed E-state index contributed by atoms with van der Waals surface area (Å²) in [6, 6.07) is -2.34. The number of carbonyl (C=O) groups excluding carboxylic acids is 1. The van der Waals surface area contributed by atoms with Crippen molar-refractivity contribution in [3.05, 3.63) is 0 Å². The van der Waals surface area contributed by atoms with Crippen LogP contribution in [-0.4, -0.2) is 45.9 Å². The van der Waals surface area contributed by atoms with Gasteiger partial charge in [-0.25, -0.2) is 9.59 Å². The highest BCUT2D eigenvalue weighted by atomic mass is 19.4. The first-order valence-corrected chi connectivity index (χ1v) is 6.24. The monoisotopic (exact) mass is 295 g/mol. The molecule has 0 aromatic rings. The van der Waals surface area contributed by atoms with Crippen molar-refractivity contribution in [3.63, 3.8) is 0 Å². The van der Waals surface area contributed by atoms with Crippen LogP contribution in [0.5, 0.6) is 0 Å². The van der Waals surface area contributed by atoms with Crippen LogP contribution in [0.2, 0.25) is 0 Å². The van der Waals surface area contributed by atoms with Gasteiger partial charge in [0.1, 0.15) is 11.6 Å². The van der Waals surface area contributed by atoms with E-state index in [0.29, 0.717) is 0 Å². The minimum atomic E-state index is -4.42. The maximum atomic E-state index is 12.7. The minimum absolute atomic E-state index is 0.177. The van der Waals surface area contributed by atoms with Crippen LogP contribution in [-0.2, 0) is 9.53 Å². The number of rotatable bonds is 1. The molecule has 0 aromatic carbocycles. The SMILES string of the molecule is CC(C)(C)OC(=O)N1[C@H]2[C@@H](C[C@H]1C(=O)O)[C@H]2C(F)(F)F. The van der Waals surface area contributed by atoms with Gasteiger partial charge in [-0.3, -0.25) is 4.90 Å². The topological polar surface area (TPSA) is 66.8 Å². The third kappa shape index (κ3) is 2.55. The summed E-state index contributed by atoms with van der Waals surface area (Å²) in [6.07, 6.45) is -5.59. The van der Waals surface area contributed by atoms with Gasteiger partial charge in [-0.05, 0) is 33.1 Å². The second-order valence-electron chi connectivity index (χ2n) is 6.20. The van der Waals surface area contributed by atoms with E-state index in [0.717, 1.165) is 4.90 Å². The Morgan fingerprint density at radius 2 is 1.80 bits per heavy atom. The van der Waals surface area contributed by atoms with Crippen LogP contribution < -0.4 is 0 Å². The number of piperidine rings is 1. The summed E-state index contributed by atoms with van der Waals surface area (Å²) < 4.78 is 43.2. The molecule has 0 spiro atoms. The minimum Gasteiger partial charge on any atom is -0.480 e. The predicted octanol–water partition coefficient (Wildman–Crippen LogP) is 2.26. The van der Waals surface area contributed by atoms with Gasteiger partial charge >= 0.3 is 18.2 Å². The van der Waals surface area contributed by atoms with Gasteiger partial charge in [0.2, 0.25) is 0 Å². The molecule has 114 valence electrons. The molecule has 0 bridgehead atoms. The maximum Gasteiger partial charge on any atom is 0.411 e. The Bertz CT molecular complexity index is 443. The van der Waals surface area contributed by atoms with E-state index in [1.165, 1.54) is 0 Å². The fourth-order valence-corrected chi connectivity index (χ4v) is 2.82. The molecule has 8 heteroatoms. The summed E-state index contributed by atoms with van der Waals surface area (Å²) in [5, 5.41) is 9.03. The van der Waals surface area contributed by atoms with E-state index in [2.05, 4.69) is 0 Å². The normalized spacial score (nSPS) is 32.8. The first kappa shape index (κ1) is 14.9. The second kappa shape index (κ2) is 4.26. The fraction of sp³-hybridized carbons (Fsp3) is 0.833. The van der Waals surface area contributed by atoms with E-state index in [1.807, 2.05) is 0 Å². The zero-order valence-corrected chi connectivity index (χ0v) is 11.3. The molecule has 5 nitrogen and oxygen atoms in total. The molecule has 1 aliphatic heterocycles. The Morgan fingerprint density at radius 3 is 2.20 bits per heavy atom. The summed E-state index contributed by atoms with van der Waals surface area (Å²) in [5.41, 5.74) is -0.888. The van der Waals surface area contributed by atoms with Gasteiger partial charge in [0.05, 0.1) is 12.0 Å². The highest BCUT2D eigenvalue weighted by Gasteiger charge is 2.73. The van der Waals surface area contributed by atoms with E-state index >= 15 is 0 Å². The fourth-order valence-electron chi connectivity index (χ4n) is 2.82. The molecule has 1 amide bonds. The lowest BCUT2D eigenvalue weighted by Gasteiger charge is -2.29. The van der Waals surface area contributed by atoms with Crippen LogP contribution in [0, 0.1) is 11.8 Å². The second-order valence-corrected chi connectivity index (χ2v) is 6.20. The van der Waals surface area contributed by atoms with E-state index in [1.54, 1.807) is 20.8 Å². The summed E-state index contributed by atoms with van der Waals surface area (Å²) in [5.74, 6) is -3.77. The average molecular weight is 295 g/mol. The Hall–Kier alpha value is -1.47. The van der Waals surface area contributed by atoms with Crippen molar-refractivity contribution < 1.29 is 32.6 Å². The number of ether oxygens (including phenoxy) is 1. The van der Waals surface area contributed by atoms with Crippen LogP contribution in [0.25, 0.3) is 0 Å². The molecular weight excluding hydrogens is 279 g/mol. The molecule has 20 heavy (non-hydrogen) atoms. The zero-order valence-electron chi connectivity index (χ0n) is 11.3. The number of halogens is 3. The van der Waals surface area contributed by atoms with Crippen molar-refractivity contribution in [1.82, 2.24) is 4.90 Å². The van der Waals surface area contributed by atoms with E-state index in [9.17, 15) is 22.8 Å². The summed E-state index contributed by atoms with van der Waals surface area (Å²) >= 11 is 0. The van der Waals surface area contributed by atoms with Crippen LogP contribution in [0.4, 0.5) is 18.0 Å². The van der Waals surface area contributed by atoms with Crippen LogP contribution in [0.15, 0.2) is 0 Å². The number of fused-ring (bicyclic) bond motifs is 1. The Balaban J connectivity index is 2.18. The molecule has 1 aliphatic carbocycles. The molecular formula is C12H16F3NO4. The van der Waals surface area contributed by atoms with Crippen molar-refractivity contribution in [3.8, 4) is 0 Å². The standard InChI is InChI=1S/C12H16F3NO4/c1-11(2,3)20-10(19)16-6(9(17)18)4-5-7(8(5)16)12(13,14)15/h5-8H,4H2,1-3H3,(H,17,18)/t5-,6-,7+,8-/m0/s1. The third-order valence-corrected chi connectivity index (χ3v) is 3.55. The molecule has 0 radical (unpaired) electrons. The number of nitrogens with zero attached hydrogens (tertiary/aromatic N) is 1. The van der Waals surface area contributed by atoms with Gasteiger partial charge in [0.25, 0.3) is 0 Å². The van der Waals surface area contributed by atoms with Gasteiger partial charge in [0, 0.05) is 0 Å². The van der Waals surface area contributed by atoms with Gasteiger partial charge in [-0.15, -0.1) is 0 Å². The Morgan fingerprint density at radius 1 is 1.25 bits per heavy atom. The lowest BCUT2D eigenvalue weighted by Crippen LogP contribution is -2.47. The number of carboxylic acids is 1. The number of aliphatic carboxylic acids is 1. The average Bonchev–Trinajstić information content (AvgIpc) is 2.77. The van der Waals surface area contributed by atoms with Crippen molar-refractivity contribution in [2.45, 2.75) is 51.1 Å². The molecule has 1 saturated carbocycles. The molecule has 1 saturated heterocycles. The largest absolute Gasteiger partial charge is 0.480 e. The van der Waals surface area contributed by atoms with Gasteiger partial charge in [-0.1, -0.05) is 0 Å². The molecule has 2 rings (SSSR count). The third-order valence-electron chi connectivity index (χ3n) is 3.55. The maximum absolute atomic E-state index is 12.7. The Labute approximate surface area is 113 Å². The predicted molar refractivity (Wildman–Crippen MR) is 60.9 cm³/mol. The van der Waals surface area contributed by atoms with E-state index < -0.39 is 47.8 Å². The van der Waals surface area contributed by atoms with E-state index in [4.69, 9.17) is 9.84 Å². The first-order chi connectivity index (χ1) is 8.93.